The van der Waals surface area contributed by atoms with Gasteiger partial charge in [-0.05, 0) is 31.0 Å². The molecule has 0 saturated carbocycles. The number of carbonyl (C=O) groups excluding carboxylic acids is 3. The minimum atomic E-state index is -0.661. The largest absolute Gasteiger partial charge is 0.399 e. The highest BCUT2D eigenvalue weighted by atomic mass is 16.2. The number of carbonyl (C=O) groups is 3. The summed E-state index contributed by atoms with van der Waals surface area (Å²) < 4.78 is 0. The predicted molar refractivity (Wildman–Crippen MR) is 73.9 cm³/mol. The molecule has 1 fully saturated rings. The summed E-state index contributed by atoms with van der Waals surface area (Å²) in [6.07, 6.45) is 0.582. The van der Waals surface area contributed by atoms with E-state index in [0.717, 1.165) is 10.5 Å². The molecule has 3 N–H and O–H groups in total. The quantitative estimate of drug-likeness (QED) is 0.605. The topological polar surface area (TPSA) is 92.5 Å². The summed E-state index contributed by atoms with van der Waals surface area (Å²) in [4.78, 5) is 36.6. The molecular formula is C14H17N3O3. The van der Waals surface area contributed by atoms with E-state index in [-0.39, 0.29) is 24.1 Å². The standard InChI is InChI=1S/C14H17N3O3/c1-8-3-4-9(15)7-10(8)13(19)16-11-5-6-12(18)17(2)14(11)20/h3-4,7,11H,5-6,15H2,1-2H3,(H,16,19). The Hall–Kier alpha value is -2.37. The number of hydrogen-bond acceptors (Lipinski definition) is 4. The maximum absolute atomic E-state index is 12.2. The molecule has 0 bridgehead atoms. The highest BCUT2D eigenvalue weighted by Gasteiger charge is 2.32. The second-order valence-electron chi connectivity index (χ2n) is 4.93. The number of piperidine rings is 1. The Labute approximate surface area is 116 Å². The molecule has 1 heterocycles. The van der Waals surface area contributed by atoms with E-state index in [4.69, 9.17) is 5.73 Å². The zero-order valence-electron chi connectivity index (χ0n) is 11.5. The third kappa shape index (κ3) is 2.64. The number of nitrogens with two attached hydrogens (primary N) is 1. The molecule has 0 spiro atoms. The molecular weight excluding hydrogens is 258 g/mol. The van der Waals surface area contributed by atoms with Crippen molar-refractivity contribution in [1.29, 1.82) is 0 Å². The van der Waals surface area contributed by atoms with Crippen LogP contribution in [0.4, 0.5) is 5.69 Å². The number of hydrogen-bond donors (Lipinski definition) is 2. The van der Waals surface area contributed by atoms with Crippen LogP contribution >= 0.6 is 0 Å². The first-order valence-electron chi connectivity index (χ1n) is 6.37. The van der Waals surface area contributed by atoms with Crippen LogP contribution in [0.2, 0.25) is 0 Å². The molecule has 0 radical (unpaired) electrons. The first kappa shape index (κ1) is 14.0. The van der Waals surface area contributed by atoms with Crippen LogP contribution in [0.5, 0.6) is 0 Å². The highest BCUT2D eigenvalue weighted by molar-refractivity contribution is 6.04. The van der Waals surface area contributed by atoms with Gasteiger partial charge in [0.25, 0.3) is 11.8 Å². The average Bonchev–Trinajstić information content (AvgIpc) is 2.42. The molecule has 0 aliphatic carbocycles. The molecule has 1 aromatic rings. The number of amides is 3. The van der Waals surface area contributed by atoms with E-state index in [2.05, 4.69) is 5.32 Å². The van der Waals surface area contributed by atoms with Gasteiger partial charge in [0.15, 0.2) is 0 Å². The number of nitrogens with one attached hydrogen (secondary N) is 1. The number of nitrogen functional groups attached to an aromatic ring is 1. The molecule has 1 atom stereocenters. The van der Waals surface area contributed by atoms with Crippen molar-refractivity contribution in [3.63, 3.8) is 0 Å². The van der Waals surface area contributed by atoms with Gasteiger partial charge in [-0.1, -0.05) is 6.07 Å². The first-order chi connectivity index (χ1) is 9.40. The van der Waals surface area contributed by atoms with E-state index < -0.39 is 6.04 Å². The fourth-order valence-corrected chi connectivity index (χ4v) is 2.17. The van der Waals surface area contributed by atoms with E-state index >= 15 is 0 Å². The minimum Gasteiger partial charge on any atom is -0.399 e. The molecule has 20 heavy (non-hydrogen) atoms. The number of aryl methyl sites for hydroxylation is 1. The Morgan fingerprint density at radius 2 is 2.10 bits per heavy atom. The van der Waals surface area contributed by atoms with Crippen LogP contribution in [0.3, 0.4) is 0 Å². The Morgan fingerprint density at radius 1 is 1.40 bits per heavy atom. The van der Waals surface area contributed by atoms with Gasteiger partial charge < -0.3 is 11.1 Å². The van der Waals surface area contributed by atoms with Gasteiger partial charge in [0.2, 0.25) is 5.91 Å². The van der Waals surface area contributed by atoms with Crippen LogP contribution in [-0.2, 0) is 9.59 Å². The van der Waals surface area contributed by atoms with E-state index in [9.17, 15) is 14.4 Å². The molecule has 3 amide bonds. The first-order valence-corrected chi connectivity index (χ1v) is 6.37. The Morgan fingerprint density at radius 3 is 2.80 bits per heavy atom. The van der Waals surface area contributed by atoms with Crippen molar-refractivity contribution >= 4 is 23.4 Å². The summed E-state index contributed by atoms with van der Waals surface area (Å²) in [7, 11) is 1.43. The normalized spacial score (nSPS) is 19.1. The van der Waals surface area contributed by atoms with Crippen molar-refractivity contribution in [3.05, 3.63) is 29.3 Å². The lowest BCUT2D eigenvalue weighted by Gasteiger charge is -2.28. The maximum atomic E-state index is 12.2. The van der Waals surface area contributed by atoms with Crippen molar-refractivity contribution in [2.24, 2.45) is 0 Å². The second kappa shape index (κ2) is 5.32. The van der Waals surface area contributed by atoms with Crippen LogP contribution in [0.1, 0.15) is 28.8 Å². The van der Waals surface area contributed by atoms with Gasteiger partial charge in [-0.15, -0.1) is 0 Å². The van der Waals surface area contributed by atoms with Gasteiger partial charge in [0.05, 0.1) is 0 Å². The summed E-state index contributed by atoms with van der Waals surface area (Å²) in [5.41, 5.74) is 7.38. The number of anilines is 1. The maximum Gasteiger partial charge on any atom is 0.252 e. The van der Waals surface area contributed by atoms with Crippen LogP contribution in [0.15, 0.2) is 18.2 Å². The molecule has 1 saturated heterocycles. The molecule has 6 nitrogen and oxygen atoms in total. The lowest BCUT2D eigenvalue weighted by Crippen LogP contribution is -2.53. The Balaban J connectivity index is 2.14. The second-order valence-corrected chi connectivity index (χ2v) is 4.93. The van der Waals surface area contributed by atoms with Gasteiger partial charge in [-0.25, -0.2) is 0 Å². The SMILES string of the molecule is Cc1ccc(N)cc1C(=O)NC1CCC(=O)N(C)C1=O. The van der Waals surface area contributed by atoms with Gasteiger partial charge >= 0.3 is 0 Å². The zero-order chi connectivity index (χ0) is 14.9. The number of imide groups is 1. The van der Waals surface area contributed by atoms with Gasteiger partial charge in [-0.3, -0.25) is 19.3 Å². The van der Waals surface area contributed by atoms with E-state index in [1.54, 1.807) is 25.1 Å². The Bertz CT molecular complexity index is 583. The highest BCUT2D eigenvalue weighted by Crippen LogP contribution is 2.15. The van der Waals surface area contributed by atoms with E-state index in [1.165, 1.54) is 7.05 Å². The van der Waals surface area contributed by atoms with E-state index in [1.807, 2.05) is 0 Å². The molecule has 1 unspecified atom stereocenters. The third-order valence-electron chi connectivity index (χ3n) is 3.46. The van der Waals surface area contributed by atoms with E-state index in [0.29, 0.717) is 17.7 Å². The monoisotopic (exact) mass is 275 g/mol. The van der Waals surface area contributed by atoms with Crippen LogP contribution in [0.25, 0.3) is 0 Å². The lowest BCUT2D eigenvalue weighted by atomic mass is 10.0. The number of nitrogens with zero attached hydrogens (tertiary/aromatic N) is 1. The predicted octanol–water partition coefficient (Wildman–Crippen LogP) is 0.454. The fourth-order valence-electron chi connectivity index (χ4n) is 2.17. The minimum absolute atomic E-state index is 0.222. The Kier molecular flexibility index (Phi) is 3.74. The van der Waals surface area contributed by atoms with Crippen molar-refractivity contribution in [1.82, 2.24) is 10.2 Å². The summed E-state index contributed by atoms with van der Waals surface area (Å²) in [5.74, 6) is -0.951. The number of likely N-dealkylation sites (N-methyl/N-ethyl adjacent to an activating group) is 1. The van der Waals surface area contributed by atoms with Crippen molar-refractivity contribution in [3.8, 4) is 0 Å². The molecule has 1 aliphatic rings. The van der Waals surface area contributed by atoms with Crippen molar-refractivity contribution in [2.75, 3.05) is 12.8 Å². The van der Waals surface area contributed by atoms with Crippen LogP contribution in [-0.4, -0.2) is 35.7 Å². The fraction of sp³-hybridized carbons (Fsp3) is 0.357. The number of likely N-dealkylation sites (tertiary alicyclic amines) is 1. The zero-order valence-corrected chi connectivity index (χ0v) is 11.5. The summed E-state index contributed by atoms with van der Waals surface area (Å²) in [6.45, 7) is 1.80. The third-order valence-corrected chi connectivity index (χ3v) is 3.46. The molecule has 2 rings (SSSR count). The lowest BCUT2D eigenvalue weighted by molar-refractivity contribution is -0.147. The van der Waals surface area contributed by atoms with Gasteiger partial charge in [0.1, 0.15) is 6.04 Å². The number of benzene rings is 1. The van der Waals surface area contributed by atoms with Crippen LogP contribution < -0.4 is 11.1 Å². The molecule has 6 heteroatoms. The van der Waals surface area contributed by atoms with Crippen LogP contribution in [0, 0.1) is 6.92 Å². The molecule has 106 valence electrons. The molecule has 0 aromatic heterocycles. The van der Waals surface area contributed by atoms with Gasteiger partial charge in [0, 0.05) is 24.7 Å². The number of rotatable bonds is 2. The smallest absolute Gasteiger partial charge is 0.252 e. The molecule has 1 aromatic carbocycles. The van der Waals surface area contributed by atoms with Gasteiger partial charge in [-0.2, -0.15) is 0 Å². The molecule has 1 aliphatic heterocycles. The van der Waals surface area contributed by atoms with Crippen molar-refractivity contribution < 1.29 is 14.4 Å². The summed E-state index contributed by atoms with van der Waals surface area (Å²) in [5, 5.41) is 2.67. The van der Waals surface area contributed by atoms with Crippen molar-refractivity contribution in [2.45, 2.75) is 25.8 Å². The average molecular weight is 275 g/mol. The summed E-state index contributed by atoms with van der Waals surface area (Å²) >= 11 is 0. The summed E-state index contributed by atoms with van der Waals surface area (Å²) in [6, 6.07) is 4.38.